The topological polar surface area (TPSA) is 84.2 Å². The van der Waals surface area contributed by atoms with Crippen LogP contribution in [0.5, 0.6) is 0 Å². The standard InChI is InChI=1S/C16H16F3N3O3/c1-10-9-13(22-25-10)21-15(24)4-2-3-14(23)20-12-7-5-11(6-8-12)16(17,18)19/h5-9H,2-4H2,1H3,(H,20,23)(H,21,22,24). The minimum atomic E-state index is -4.42. The van der Waals surface area contributed by atoms with Gasteiger partial charge in [-0.15, -0.1) is 0 Å². The highest BCUT2D eigenvalue weighted by molar-refractivity contribution is 5.92. The number of benzene rings is 1. The predicted octanol–water partition coefficient (Wildman–Crippen LogP) is 3.75. The summed E-state index contributed by atoms with van der Waals surface area (Å²) in [6.45, 7) is 1.69. The van der Waals surface area contributed by atoms with Crippen LogP contribution in [0.25, 0.3) is 0 Å². The number of carbonyl (C=O) groups is 2. The van der Waals surface area contributed by atoms with Crippen LogP contribution in [0, 0.1) is 6.92 Å². The van der Waals surface area contributed by atoms with Crippen LogP contribution in [0.4, 0.5) is 24.7 Å². The molecule has 0 aliphatic carbocycles. The van der Waals surface area contributed by atoms with Crippen LogP contribution in [-0.2, 0) is 15.8 Å². The van der Waals surface area contributed by atoms with E-state index in [0.717, 1.165) is 12.1 Å². The monoisotopic (exact) mass is 355 g/mol. The van der Waals surface area contributed by atoms with Crippen LogP contribution < -0.4 is 10.6 Å². The summed E-state index contributed by atoms with van der Waals surface area (Å²) in [4.78, 5) is 23.4. The van der Waals surface area contributed by atoms with Gasteiger partial charge in [0.25, 0.3) is 0 Å². The van der Waals surface area contributed by atoms with E-state index in [9.17, 15) is 22.8 Å². The molecule has 0 aliphatic heterocycles. The summed E-state index contributed by atoms with van der Waals surface area (Å²) in [5.41, 5.74) is -0.522. The van der Waals surface area contributed by atoms with E-state index >= 15 is 0 Å². The number of aromatic nitrogens is 1. The zero-order chi connectivity index (χ0) is 18.4. The number of alkyl halides is 3. The maximum atomic E-state index is 12.4. The Morgan fingerprint density at radius 1 is 1.08 bits per heavy atom. The zero-order valence-corrected chi connectivity index (χ0v) is 13.3. The average Bonchev–Trinajstić information content (AvgIpc) is 2.92. The molecule has 0 bridgehead atoms. The van der Waals surface area contributed by atoms with Gasteiger partial charge in [0.05, 0.1) is 5.56 Å². The first-order valence-electron chi connectivity index (χ1n) is 7.44. The fourth-order valence-corrected chi connectivity index (χ4v) is 2.01. The Hall–Kier alpha value is -2.84. The third-order valence-corrected chi connectivity index (χ3v) is 3.20. The number of amides is 2. The fourth-order valence-electron chi connectivity index (χ4n) is 2.01. The van der Waals surface area contributed by atoms with Crippen molar-refractivity contribution < 1.29 is 27.3 Å². The molecule has 1 heterocycles. The lowest BCUT2D eigenvalue weighted by molar-refractivity contribution is -0.137. The Morgan fingerprint density at radius 3 is 2.20 bits per heavy atom. The molecule has 0 spiro atoms. The molecule has 0 atom stereocenters. The van der Waals surface area contributed by atoms with Crippen molar-refractivity contribution in [3.8, 4) is 0 Å². The molecule has 0 saturated carbocycles. The van der Waals surface area contributed by atoms with Crippen LogP contribution in [-0.4, -0.2) is 17.0 Å². The summed E-state index contributed by atoms with van der Waals surface area (Å²) in [5.74, 6) is 0.170. The molecule has 0 unspecified atom stereocenters. The van der Waals surface area contributed by atoms with Gasteiger partial charge in [0, 0.05) is 24.6 Å². The van der Waals surface area contributed by atoms with Crippen LogP contribution in [0.3, 0.4) is 0 Å². The van der Waals surface area contributed by atoms with Crippen molar-refractivity contribution in [3.63, 3.8) is 0 Å². The molecule has 2 rings (SSSR count). The number of anilines is 2. The average molecular weight is 355 g/mol. The van der Waals surface area contributed by atoms with E-state index in [-0.39, 0.29) is 36.8 Å². The number of nitrogens with zero attached hydrogens (tertiary/aromatic N) is 1. The highest BCUT2D eigenvalue weighted by Gasteiger charge is 2.29. The van der Waals surface area contributed by atoms with Crippen LogP contribution in [0.15, 0.2) is 34.9 Å². The van der Waals surface area contributed by atoms with Gasteiger partial charge < -0.3 is 15.2 Å². The second-order valence-corrected chi connectivity index (χ2v) is 5.35. The van der Waals surface area contributed by atoms with Crippen molar-refractivity contribution >= 4 is 23.3 Å². The zero-order valence-electron chi connectivity index (χ0n) is 13.3. The molecule has 2 amide bonds. The lowest BCUT2D eigenvalue weighted by Crippen LogP contribution is -2.15. The number of rotatable bonds is 6. The van der Waals surface area contributed by atoms with Gasteiger partial charge in [-0.05, 0) is 37.6 Å². The molecule has 25 heavy (non-hydrogen) atoms. The number of hydrogen-bond donors (Lipinski definition) is 2. The molecular formula is C16H16F3N3O3. The largest absolute Gasteiger partial charge is 0.416 e. The molecule has 9 heteroatoms. The number of aryl methyl sites for hydroxylation is 1. The van der Waals surface area contributed by atoms with E-state index in [4.69, 9.17) is 4.52 Å². The Bertz CT molecular complexity index is 739. The molecule has 0 saturated heterocycles. The maximum absolute atomic E-state index is 12.4. The summed E-state index contributed by atoms with van der Waals surface area (Å²) in [7, 11) is 0. The fraction of sp³-hybridized carbons (Fsp3) is 0.312. The molecule has 134 valence electrons. The Labute approximate surface area is 141 Å². The van der Waals surface area contributed by atoms with E-state index in [2.05, 4.69) is 15.8 Å². The van der Waals surface area contributed by atoms with Gasteiger partial charge >= 0.3 is 6.18 Å². The number of halogens is 3. The van der Waals surface area contributed by atoms with E-state index in [0.29, 0.717) is 11.6 Å². The first-order chi connectivity index (χ1) is 11.7. The Morgan fingerprint density at radius 2 is 1.68 bits per heavy atom. The number of carbonyl (C=O) groups excluding carboxylic acids is 2. The normalized spacial score (nSPS) is 11.2. The molecule has 2 N–H and O–H groups in total. The lowest BCUT2D eigenvalue weighted by atomic mass is 10.2. The lowest BCUT2D eigenvalue weighted by Gasteiger charge is -2.08. The van der Waals surface area contributed by atoms with Crippen LogP contribution in [0.1, 0.15) is 30.6 Å². The van der Waals surface area contributed by atoms with E-state index in [1.165, 1.54) is 12.1 Å². The van der Waals surface area contributed by atoms with Crippen molar-refractivity contribution in [2.24, 2.45) is 0 Å². The van der Waals surface area contributed by atoms with E-state index in [1.54, 1.807) is 13.0 Å². The summed E-state index contributed by atoms with van der Waals surface area (Å²) in [5, 5.41) is 8.62. The van der Waals surface area contributed by atoms with E-state index < -0.39 is 11.7 Å². The van der Waals surface area contributed by atoms with E-state index in [1.807, 2.05) is 0 Å². The minimum Gasteiger partial charge on any atom is -0.360 e. The summed E-state index contributed by atoms with van der Waals surface area (Å²) < 4.78 is 42.1. The molecule has 0 fully saturated rings. The Kier molecular flexibility index (Phi) is 5.79. The predicted molar refractivity (Wildman–Crippen MR) is 83.8 cm³/mol. The van der Waals surface area contributed by atoms with Gasteiger partial charge in [0.1, 0.15) is 5.76 Å². The molecule has 2 aromatic rings. The van der Waals surface area contributed by atoms with Gasteiger partial charge in [-0.25, -0.2) is 0 Å². The van der Waals surface area contributed by atoms with Gasteiger partial charge in [-0.3, -0.25) is 9.59 Å². The smallest absolute Gasteiger partial charge is 0.360 e. The van der Waals surface area contributed by atoms with Crippen molar-refractivity contribution in [1.82, 2.24) is 5.16 Å². The second-order valence-electron chi connectivity index (χ2n) is 5.35. The summed E-state index contributed by atoms with van der Waals surface area (Å²) in [6.07, 6.45) is -3.97. The highest BCUT2D eigenvalue weighted by Crippen LogP contribution is 2.29. The summed E-state index contributed by atoms with van der Waals surface area (Å²) in [6, 6.07) is 5.71. The third-order valence-electron chi connectivity index (χ3n) is 3.20. The SMILES string of the molecule is Cc1cc(NC(=O)CCCC(=O)Nc2ccc(C(F)(F)F)cc2)no1. The molecular weight excluding hydrogens is 339 g/mol. The van der Waals surface area contributed by atoms with Gasteiger partial charge in [-0.1, -0.05) is 5.16 Å². The van der Waals surface area contributed by atoms with Crippen molar-refractivity contribution in [2.75, 3.05) is 10.6 Å². The molecule has 1 aromatic carbocycles. The first kappa shape index (κ1) is 18.5. The summed E-state index contributed by atoms with van der Waals surface area (Å²) >= 11 is 0. The number of hydrogen-bond acceptors (Lipinski definition) is 4. The maximum Gasteiger partial charge on any atom is 0.416 e. The molecule has 0 aliphatic rings. The third kappa shape index (κ3) is 5.94. The molecule has 0 radical (unpaired) electrons. The van der Waals surface area contributed by atoms with Gasteiger partial charge in [-0.2, -0.15) is 13.2 Å². The first-order valence-corrected chi connectivity index (χ1v) is 7.44. The van der Waals surface area contributed by atoms with Crippen molar-refractivity contribution in [3.05, 3.63) is 41.7 Å². The van der Waals surface area contributed by atoms with Crippen molar-refractivity contribution in [2.45, 2.75) is 32.4 Å². The minimum absolute atomic E-state index is 0.0618. The van der Waals surface area contributed by atoms with Gasteiger partial charge in [0.2, 0.25) is 11.8 Å². The molecule has 1 aromatic heterocycles. The van der Waals surface area contributed by atoms with Crippen molar-refractivity contribution in [1.29, 1.82) is 0 Å². The molecule has 6 nitrogen and oxygen atoms in total. The number of nitrogens with one attached hydrogen (secondary N) is 2. The van der Waals surface area contributed by atoms with Crippen LogP contribution in [0.2, 0.25) is 0 Å². The quantitative estimate of drug-likeness (QED) is 0.827. The van der Waals surface area contributed by atoms with Crippen LogP contribution >= 0.6 is 0 Å². The second kappa shape index (κ2) is 7.82. The van der Waals surface area contributed by atoms with Gasteiger partial charge in [0.15, 0.2) is 5.82 Å². The highest BCUT2D eigenvalue weighted by atomic mass is 19.4. The Balaban J connectivity index is 1.72.